The summed E-state index contributed by atoms with van der Waals surface area (Å²) >= 11 is 6.10. The van der Waals surface area contributed by atoms with Gasteiger partial charge in [-0.2, -0.15) is 0 Å². The van der Waals surface area contributed by atoms with E-state index >= 15 is 0 Å². The van der Waals surface area contributed by atoms with Gasteiger partial charge in [0.25, 0.3) is 0 Å². The van der Waals surface area contributed by atoms with Gasteiger partial charge in [0.2, 0.25) is 10.0 Å². The smallest absolute Gasteiger partial charge is 0.211 e. The van der Waals surface area contributed by atoms with Crippen LogP contribution in [-0.2, 0) is 16.6 Å². The Bertz CT molecular complexity index is 1010. The lowest BCUT2D eigenvalue weighted by Gasteiger charge is -2.45. The zero-order valence-electron chi connectivity index (χ0n) is 15.7. The normalized spacial score (nSPS) is 18.9. The van der Waals surface area contributed by atoms with Crippen molar-refractivity contribution in [3.8, 4) is 0 Å². The number of para-hydroxylation sites is 2. The third-order valence-corrected chi connectivity index (χ3v) is 6.90. The van der Waals surface area contributed by atoms with Crippen LogP contribution in [0.2, 0.25) is 5.02 Å². The molecule has 2 aromatic rings. The van der Waals surface area contributed by atoms with Crippen molar-refractivity contribution >= 4 is 38.8 Å². The molecular weight excluding hydrogens is 396 g/mol. The van der Waals surface area contributed by atoms with Crippen molar-refractivity contribution in [1.29, 1.82) is 0 Å². The van der Waals surface area contributed by atoms with Crippen LogP contribution >= 0.6 is 11.6 Å². The second-order valence-electron chi connectivity index (χ2n) is 7.33. The molecule has 1 spiro atoms. The first-order chi connectivity index (χ1) is 13.4. The molecule has 0 aromatic heterocycles. The van der Waals surface area contributed by atoms with Crippen molar-refractivity contribution in [2.45, 2.75) is 24.9 Å². The Morgan fingerprint density at radius 2 is 1.93 bits per heavy atom. The highest BCUT2D eigenvalue weighted by Crippen LogP contribution is 2.38. The van der Waals surface area contributed by atoms with Crippen LogP contribution in [0.1, 0.15) is 18.4 Å². The van der Waals surface area contributed by atoms with E-state index in [-0.39, 0.29) is 0 Å². The molecule has 1 fully saturated rings. The maximum absolute atomic E-state index is 11.9. The fraction of sp³-hybridized carbons (Fsp3) is 0.350. The molecule has 2 aliphatic heterocycles. The number of halogens is 1. The lowest BCUT2D eigenvalue weighted by Crippen LogP contribution is -2.59. The van der Waals surface area contributed by atoms with Crippen LogP contribution in [0.4, 0.5) is 11.4 Å². The monoisotopic (exact) mass is 418 g/mol. The van der Waals surface area contributed by atoms with E-state index in [1.165, 1.54) is 10.6 Å². The number of rotatable bonds is 3. The van der Waals surface area contributed by atoms with Gasteiger partial charge in [-0.25, -0.2) is 17.7 Å². The summed E-state index contributed by atoms with van der Waals surface area (Å²) in [4.78, 5) is 4.89. The summed E-state index contributed by atoms with van der Waals surface area (Å²) in [6.45, 7) is 1.53. The lowest BCUT2D eigenvalue weighted by atomic mass is 9.85. The largest absolute Gasteiger partial charge is 0.371 e. The SMILES string of the molecule is CS(=O)(=O)N1CCC2(CC1)Nc1ccccc1N=C2NCc1cccc(Cl)c1. The van der Waals surface area contributed by atoms with Crippen LogP contribution in [0, 0.1) is 0 Å². The molecule has 0 aliphatic carbocycles. The molecule has 0 amide bonds. The summed E-state index contributed by atoms with van der Waals surface area (Å²) in [5.74, 6) is 0.847. The van der Waals surface area contributed by atoms with Crippen molar-refractivity contribution in [2.24, 2.45) is 4.99 Å². The number of benzene rings is 2. The summed E-state index contributed by atoms with van der Waals surface area (Å²) in [7, 11) is -3.19. The van der Waals surface area contributed by atoms with E-state index in [9.17, 15) is 8.42 Å². The van der Waals surface area contributed by atoms with Crippen LogP contribution < -0.4 is 10.6 Å². The molecule has 0 atom stereocenters. The highest BCUT2D eigenvalue weighted by atomic mass is 35.5. The minimum atomic E-state index is -3.19. The Morgan fingerprint density at radius 3 is 2.64 bits per heavy atom. The highest BCUT2D eigenvalue weighted by Gasteiger charge is 2.43. The van der Waals surface area contributed by atoms with E-state index in [0.717, 1.165) is 22.8 Å². The number of aliphatic imine (C=N–C) groups is 1. The van der Waals surface area contributed by atoms with Gasteiger partial charge in [0.05, 0.1) is 23.2 Å². The maximum Gasteiger partial charge on any atom is 0.211 e. The first-order valence-corrected chi connectivity index (χ1v) is 11.5. The van der Waals surface area contributed by atoms with Crippen molar-refractivity contribution in [3.05, 3.63) is 59.1 Å². The van der Waals surface area contributed by atoms with Gasteiger partial charge in [0.15, 0.2) is 0 Å². The van der Waals surface area contributed by atoms with Gasteiger partial charge in [0, 0.05) is 24.7 Å². The first-order valence-electron chi connectivity index (χ1n) is 9.26. The van der Waals surface area contributed by atoms with E-state index in [1.54, 1.807) is 0 Å². The number of hydrogen-bond acceptors (Lipinski definition) is 5. The molecule has 6 nitrogen and oxygen atoms in total. The number of hydrogen-bond donors (Lipinski definition) is 2. The minimum Gasteiger partial charge on any atom is -0.371 e. The number of fused-ring (bicyclic) bond motifs is 1. The Kier molecular flexibility index (Phi) is 5.07. The molecule has 8 heteroatoms. The van der Waals surface area contributed by atoms with Gasteiger partial charge in [0.1, 0.15) is 5.84 Å². The fourth-order valence-electron chi connectivity index (χ4n) is 3.82. The molecule has 2 N–H and O–H groups in total. The van der Waals surface area contributed by atoms with E-state index in [4.69, 9.17) is 16.6 Å². The van der Waals surface area contributed by atoms with Gasteiger partial charge in [-0.15, -0.1) is 0 Å². The number of amidine groups is 1. The molecule has 148 valence electrons. The maximum atomic E-state index is 11.9. The number of nitrogens with one attached hydrogen (secondary N) is 2. The van der Waals surface area contributed by atoms with Crippen LogP contribution in [-0.4, -0.2) is 43.4 Å². The lowest BCUT2D eigenvalue weighted by molar-refractivity contribution is 0.298. The first kappa shape index (κ1) is 19.2. The molecule has 2 aliphatic rings. The summed E-state index contributed by atoms with van der Waals surface area (Å²) in [6.07, 6.45) is 2.56. The third kappa shape index (κ3) is 3.87. The zero-order chi connectivity index (χ0) is 19.8. The van der Waals surface area contributed by atoms with Gasteiger partial charge < -0.3 is 10.6 Å². The quantitative estimate of drug-likeness (QED) is 0.801. The number of piperidine rings is 1. The van der Waals surface area contributed by atoms with E-state index in [1.807, 2.05) is 48.5 Å². The van der Waals surface area contributed by atoms with Gasteiger partial charge in [-0.1, -0.05) is 35.9 Å². The molecule has 0 saturated carbocycles. The van der Waals surface area contributed by atoms with Gasteiger partial charge in [-0.05, 0) is 42.7 Å². The fourth-order valence-corrected chi connectivity index (χ4v) is 4.88. The highest BCUT2D eigenvalue weighted by molar-refractivity contribution is 7.88. The third-order valence-electron chi connectivity index (χ3n) is 5.36. The Hall–Kier alpha value is -2.09. The molecule has 0 bridgehead atoms. The molecule has 28 heavy (non-hydrogen) atoms. The Labute approximate surface area is 170 Å². The van der Waals surface area contributed by atoms with Crippen LogP contribution in [0.3, 0.4) is 0 Å². The predicted octanol–water partition coefficient (Wildman–Crippen LogP) is 3.38. The Morgan fingerprint density at radius 1 is 1.18 bits per heavy atom. The van der Waals surface area contributed by atoms with Crippen LogP contribution in [0.15, 0.2) is 53.5 Å². The van der Waals surface area contributed by atoms with Gasteiger partial charge in [-0.3, -0.25) is 0 Å². The van der Waals surface area contributed by atoms with E-state index < -0.39 is 15.6 Å². The van der Waals surface area contributed by atoms with Crippen LogP contribution in [0.5, 0.6) is 0 Å². The van der Waals surface area contributed by atoms with Gasteiger partial charge >= 0.3 is 0 Å². The molecular formula is C20H23ClN4O2S. The molecule has 1 saturated heterocycles. The predicted molar refractivity (Wildman–Crippen MR) is 114 cm³/mol. The van der Waals surface area contributed by atoms with Crippen molar-refractivity contribution in [3.63, 3.8) is 0 Å². The second kappa shape index (κ2) is 7.39. The Balaban J connectivity index is 1.61. The molecule has 2 heterocycles. The van der Waals surface area contributed by atoms with E-state index in [0.29, 0.717) is 37.5 Å². The summed E-state index contributed by atoms with van der Waals surface area (Å²) < 4.78 is 25.4. The summed E-state index contributed by atoms with van der Waals surface area (Å²) in [6, 6.07) is 15.6. The van der Waals surface area contributed by atoms with Crippen molar-refractivity contribution in [1.82, 2.24) is 9.62 Å². The zero-order valence-corrected chi connectivity index (χ0v) is 17.2. The summed E-state index contributed by atoms with van der Waals surface area (Å²) in [5.41, 5.74) is 2.52. The average Bonchev–Trinajstić information content (AvgIpc) is 2.66. The standard InChI is InChI=1S/C20H23ClN4O2S/c1-28(26,27)25-11-9-20(10-12-25)19(22-14-15-5-4-6-16(21)13-15)23-17-7-2-3-8-18(17)24-20/h2-8,13,24H,9-12,14H2,1H3,(H,22,23). The second-order valence-corrected chi connectivity index (χ2v) is 9.75. The summed E-state index contributed by atoms with van der Waals surface area (Å²) in [5, 5.41) is 7.82. The van der Waals surface area contributed by atoms with E-state index in [2.05, 4.69) is 10.6 Å². The minimum absolute atomic E-state index is 0.409. The molecule has 0 radical (unpaired) electrons. The van der Waals surface area contributed by atoms with Crippen molar-refractivity contribution in [2.75, 3.05) is 24.7 Å². The number of anilines is 1. The molecule has 0 unspecified atom stereocenters. The number of nitrogens with zero attached hydrogens (tertiary/aromatic N) is 2. The molecule has 2 aromatic carbocycles. The molecule has 4 rings (SSSR count). The topological polar surface area (TPSA) is 73.8 Å². The average molecular weight is 419 g/mol. The number of sulfonamides is 1. The van der Waals surface area contributed by atoms with Crippen molar-refractivity contribution < 1.29 is 8.42 Å². The van der Waals surface area contributed by atoms with Crippen LogP contribution in [0.25, 0.3) is 0 Å².